The Morgan fingerprint density at radius 1 is 1.02 bits per heavy atom. The van der Waals surface area contributed by atoms with Crippen LogP contribution in [0.5, 0.6) is 17.2 Å². The Kier molecular flexibility index (Phi) is 9.49. The molecule has 2 fully saturated rings. The largest absolute Gasteiger partial charge is 0.493 e. The van der Waals surface area contributed by atoms with Gasteiger partial charge < -0.3 is 29.3 Å². The number of carbonyl (C=O) groups is 1. The van der Waals surface area contributed by atoms with Crippen LogP contribution in [0, 0.1) is 11.3 Å². The molecule has 2 aliphatic heterocycles. The number of piperidine rings is 1. The maximum Gasteiger partial charge on any atom is 0.321 e. The van der Waals surface area contributed by atoms with Crippen molar-refractivity contribution in [1.29, 1.82) is 5.26 Å². The van der Waals surface area contributed by atoms with E-state index < -0.39 is 0 Å². The molecule has 222 valence electrons. The van der Waals surface area contributed by atoms with Gasteiger partial charge >= 0.3 is 6.03 Å². The molecule has 1 N–H and O–H groups in total. The van der Waals surface area contributed by atoms with E-state index in [1.807, 2.05) is 50.2 Å². The molecule has 2 aromatic carbocycles. The molecule has 0 unspecified atom stereocenters. The Morgan fingerprint density at radius 2 is 1.76 bits per heavy atom. The molecule has 0 atom stereocenters. The van der Waals surface area contributed by atoms with Gasteiger partial charge in [-0.3, -0.25) is 9.88 Å². The number of methoxy groups -OCH3 is 1. The first-order valence-electron chi connectivity index (χ1n) is 14.8. The van der Waals surface area contributed by atoms with E-state index in [0.29, 0.717) is 55.5 Å². The number of nitrogens with zero attached hydrogens (tertiary/aromatic N) is 5. The van der Waals surface area contributed by atoms with E-state index in [1.54, 1.807) is 18.2 Å². The van der Waals surface area contributed by atoms with Crippen LogP contribution in [0.3, 0.4) is 0 Å². The molecule has 10 nitrogen and oxygen atoms in total. The van der Waals surface area contributed by atoms with E-state index in [-0.39, 0.29) is 12.1 Å². The van der Waals surface area contributed by atoms with Crippen molar-refractivity contribution in [2.75, 3.05) is 69.7 Å². The summed E-state index contributed by atoms with van der Waals surface area (Å²) < 4.78 is 17.5. The van der Waals surface area contributed by atoms with Gasteiger partial charge in [0.25, 0.3) is 0 Å². The molecule has 5 rings (SSSR count). The number of pyridine rings is 1. The van der Waals surface area contributed by atoms with Crippen molar-refractivity contribution in [2.45, 2.75) is 39.2 Å². The van der Waals surface area contributed by atoms with Crippen LogP contribution < -0.4 is 24.4 Å². The number of rotatable bonds is 9. The van der Waals surface area contributed by atoms with Gasteiger partial charge in [0, 0.05) is 56.1 Å². The SMILES string of the molecule is COc1cc2c(N3CCN(C(=O)Nc4ccc(OC(C)C)cc4)CC3)c(C#N)cnc2cc1OCCN1CCCCC1. The number of anilines is 2. The third-order valence-electron chi connectivity index (χ3n) is 7.72. The smallest absolute Gasteiger partial charge is 0.321 e. The highest BCUT2D eigenvalue weighted by atomic mass is 16.5. The normalized spacial score (nSPS) is 15.9. The number of piperazine rings is 1. The predicted octanol–water partition coefficient (Wildman–Crippen LogP) is 5.12. The molecule has 0 aliphatic carbocycles. The lowest BCUT2D eigenvalue weighted by atomic mass is 10.1. The second-order valence-electron chi connectivity index (χ2n) is 11.0. The average Bonchev–Trinajstić information content (AvgIpc) is 3.01. The van der Waals surface area contributed by atoms with Crippen molar-refractivity contribution < 1.29 is 19.0 Å². The maximum absolute atomic E-state index is 13.0. The number of likely N-dealkylation sites (tertiary alicyclic amines) is 1. The Bertz CT molecular complexity index is 1410. The van der Waals surface area contributed by atoms with Gasteiger partial charge in [-0.05, 0) is 70.1 Å². The number of benzene rings is 2. The lowest BCUT2D eigenvalue weighted by Crippen LogP contribution is -2.50. The number of hydrogen-bond donors (Lipinski definition) is 1. The van der Waals surface area contributed by atoms with Crippen molar-refractivity contribution in [3.63, 3.8) is 0 Å². The van der Waals surface area contributed by atoms with Gasteiger partial charge in [0.1, 0.15) is 18.4 Å². The zero-order chi connectivity index (χ0) is 29.5. The Labute approximate surface area is 247 Å². The standard InChI is InChI=1S/C32H40N6O4/c1-23(2)42-26-9-7-25(8-10-26)35-32(39)38-15-13-37(14-16-38)31-24(21-33)22-34-28-20-30(29(40-3)19-27(28)31)41-18-17-36-11-5-4-6-12-36/h7-10,19-20,22-23H,4-6,11-18H2,1-3H3,(H,35,39). The fourth-order valence-electron chi connectivity index (χ4n) is 5.57. The molecule has 42 heavy (non-hydrogen) atoms. The number of nitriles is 1. The third kappa shape index (κ3) is 6.97. The molecule has 0 spiro atoms. The van der Waals surface area contributed by atoms with Crippen LogP contribution in [-0.4, -0.2) is 86.4 Å². The predicted molar refractivity (Wildman–Crippen MR) is 164 cm³/mol. The monoisotopic (exact) mass is 572 g/mol. The average molecular weight is 573 g/mol. The van der Waals surface area contributed by atoms with Crippen molar-refractivity contribution in [3.05, 3.63) is 48.2 Å². The van der Waals surface area contributed by atoms with Gasteiger partial charge in [-0.15, -0.1) is 0 Å². The van der Waals surface area contributed by atoms with E-state index in [9.17, 15) is 10.1 Å². The van der Waals surface area contributed by atoms with Crippen LogP contribution >= 0.6 is 0 Å². The molecule has 0 saturated carbocycles. The molecular formula is C32H40N6O4. The maximum atomic E-state index is 13.0. The van der Waals surface area contributed by atoms with Gasteiger partial charge in [-0.2, -0.15) is 5.26 Å². The Balaban J connectivity index is 1.26. The fourth-order valence-corrected chi connectivity index (χ4v) is 5.57. The Hall–Kier alpha value is -4.23. The van der Waals surface area contributed by atoms with E-state index in [1.165, 1.54) is 19.3 Å². The van der Waals surface area contributed by atoms with Crippen molar-refractivity contribution in [1.82, 2.24) is 14.8 Å². The minimum Gasteiger partial charge on any atom is -0.493 e. The molecule has 3 aromatic rings. The Morgan fingerprint density at radius 3 is 2.43 bits per heavy atom. The summed E-state index contributed by atoms with van der Waals surface area (Å²) in [5.74, 6) is 2.03. The molecule has 2 aliphatic rings. The summed E-state index contributed by atoms with van der Waals surface area (Å²) in [5.41, 5.74) is 2.75. The first-order valence-corrected chi connectivity index (χ1v) is 14.8. The summed E-state index contributed by atoms with van der Waals surface area (Å²) >= 11 is 0. The number of urea groups is 1. The van der Waals surface area contributed by atoms with Gasteiger partial charge in [0.15, 0.2) is 11.5 Å². The number of hydrogen-bond acceptors (Lipinski definition) is 8. The molecule has 2 amide bonds. The molecule has 10 heteroatoms. The lowest BCUT2D eigenvalue weighted by Gasteiger charge is -2.37. The van der Waals surface area contributed by atoms with E-state index in [2.05, 4.69) is 26.2 Å². The van der Waals surface area contributed by atoms with Crippen molar-refractivity contribution in [3.8, 4) is 23.3 Å². The van der Waals surface area contributed by atoms with Crippen LogP contribution in [0.2, 0.25) is 0 Å². The number of fused-ring (bicyclic) bond motifs is 1. The number of aromatic nitrogens is 1. The summed E-state index contributed by atoms with van der Waals surface area (Å²) in [5, 5.41) is 13.7. The first kappa shape index (κ1) is 29.3. The third-order valence-corrected chi connectivity index (χ3v) is 7.72. The second-order valence-corrected chi connectivity index (χ2v) is 11.0. The first-order chi connectivity index (χ1) is 20.4. The van der Waals surface area contributed by atoms with Gasteiger partial charge in [-0.25, -0.2) is 4.79 Å². The summed E-state index contributed by atoms with van der Waals surface area (Å²) in [6.07, 6.45) is 5.50. The van der Waals surface area contributed by atoms with E-state index in [4.69, 9.17) is 14.2 Å². The van der Waals surface area contributed by atoms with Crippen LogP contribution in [0.1, 0.15) is 38.7 Å². The molecular weight excluding hydrogens is 532 g/mol. The number of ether oxygens (including phenoxy) is 3. The molecule has 0 radical (unpaired) electrons. The van der Waals surface area contributed by atoms with E-state index in [0.717, 1.165) is 42.0 Å². The van der Waals surface area contributed by atoms with Gasteiger partial charge in [0.05, 0.1) is 30.0 Å². The number of nitrogens with one attached hydrogen (secondary N) is 1. The molecule has 1 aromatic heterocycles. The van der Waals surface area contributed by atoms with Crippen molar-refractivity contribution >= 4 is 28.3 Å². The lowest BCUT2D eigenvalue weighted by molar-refractivity contribution is 0.181. The minimum atomic E-state index is -0.153. The van der Waals surface area contributed by atoms with Gasteiger partial charge in [-0.1, -0.05) is 6.42 Å². The van der Waals surface area contributed by atoms with E-state index >= 15 is 0 Å². The van der Waals surface area contributed by atoms with Crippen molar-refractivity contribution in [2.24, 2.45) is 0 Å². The zero-order valence-electron chi connectivity index (χ0n) is 24.8. The van der Waals surface area contributed by atoms with Crippen LogP contribution in [0.4, 0.5) is 16.2 Å². The molecule has 0 bridgehead atoms. The zero-order valence-corrected chi connectivity index (χ0v) is 24.8. The topological polar surface area (TPSA) is 103 Å². The summed E-state index contributed by atoms with van der Waals surface area (Å²) in [6, 6.07) is 13.4. The van der Waals surface area contributed by atoms with Crippen LogP contribution in [0.25, 0.3) is 10.9 Å². The summed E-state index contributed by atoms with van der Waals surface area (Å²) in [7, 11) is 1.63. The quantitative estimate of drug-likeness (QED) is 0.377. The van der Waals surface area contributed by atoms with Crippen LogP contribution in [0.15, 0.2) is 42.6 Å². The van der Waals surface area contributed by atoms with Crippen LogP contribution in [-0.2, 0) is 0 Å². The fraction of sp³-hybridized carbons (Fsp3) is 0.469. The highest BCUT2D eigenvalue weighted by Gasteiger charge is 2.25. The van der Waals surface area contributed by atoms with Gasteiger partial charge in [0.2, 0.25) is 0 Å². The summed E-state index contributed by atoms with van der Waals surface area (Å²) in [4.78, 5) is 23.9. The number of carbonyl (C=O) groups excluding carboxylic acids is 1. The minimum absolute atomic E-state index is 0.0894. The highest BCUT2D eigenvalue weighted by Crippen LogP contribution is 2.38. The number of amides is 2. The highest BCUT2D eigenvalue weighted by molar-refractivity contribution is 5.97. The molecule has 3 heterocycles. The summed E-state index contributed by atoms with van der Waals surface area (Å²) in [6.45, 7) is 9.85. The second kappa shape index (κ2) is 13.6. The molecule has 2 saturated heterocycles.